The Morgan fingerprint density at radius 1 is 1.04 bits per heavy atom. The number of hydrogen-bond donors (Lipinski definition) is 1. The van der Waals surface area contributed by atoms with Gasteiger partial charge in [-0.05, 0) is 53.0 Å². The van der Waals surface area contributed by atoms with Crippen LogP contribution < -0.4 is 10.2 Å². The number of amides is 2. The van der Waals surface area contributed by atoms with E-state index in [4.69, 9.17) is 0 Å². The summed E-state index contributed by atoms with van der Waals surface area (Å²) in [6.45, 7) is 3.98. The van der Waals surface area contributed by atoms with Crippen LogP contribution in [0.15, 0.2) is 46.9 Å². The lowest BCUT2D eigenvalue weighted by atomic mass is 10.1. The topological polar surface area (TPSA) is 49.4 Å². The Labute approximate surface area is 143 Å². The summed E-state index contributed by atoms with van der Waals surface area (Å²) in [4.78, 5) is 26.3. The largest absolute Gasteiger partial charge is 0.373 e. The SMILES string of the molecule is Cc1cccc(C)c1N[C@H]1CC(=O)N(c2ccccc2Br)C1=O. The molecule has 5 heteroatoms. The molecule has 0 saturated carbocycles. The van der Waals surface area contributed by atoms with Crippen LogP contribution in [0, 0.1) is 13.8 Å². The lowest BCUT2D eigenvalue weighted by molar-refractivity contribution is -0.121. The lowest BCUT2D eigenvalue weighted by Gasteiger charge is -2.19. The smallest absolute Gasteiger partial charge is 0.256 e. The molecule has 23 heavy (non-hydrogen) atoms. The molecule has 1 heterocycles. The predicted octanol–water partition coefficient (Wildman–Crippen LogP) is 3.81. The van der Waals surface area contributed by atoms with E-state index in [1.165, 1.54) is 4.90 Å². The molecule has 2 aromatic rings. The molecule has 2 amide bonds. The quantitative estimate of drug-likeness (QED) is 0.833. The maximum absolute atomic E-state index is 12.7. The number of carbonyl (C=O) groups is 2. The molecule has 1 saturated heterocycles. The Morgan fingerprint density at radius 3 is 2.35 bits per heavy atom. The summed E-state index contributed by atoms with van der Waals surface area (Å²) in [7, 11) is 0. The summed E-state index contributed by atoms with van der Waals surface area (Å²) in [5.41, 5.74) is 3.63. The van der Waals surface area contributed by atoms with E-state index in [-0.39, 0.29) is 18.2 Å². The summed E-state index contributed by atoms with van der Waals surface area (Å²) in [5.74, 6) is -0.407. The van der Waals surface area contributed by atoms with E-state index in [9.17, 15) is 9.59 Å². The molecule has 0 aromatic heterocycles. The van der Waals surface area contributed by atoms with Crippen molar-refractivity contribution in [3.05, 3.63) is 58.1 Å². The molecule has 1 aliphatic heterocycles. The van der Waals surface area contributed by atoms with Gasteiger partial charge in [-0.1, -0.05) is 30.3 Å². The molecule has 1 N–H and O–H groups in total. The number of rotatable bonds is 3. The van der Waals surface area contributed by atoms with Crippen molar-refractivity contribution >= 4 is 39.1 Å². The summed E-state index contributed by atoms with van der Waals surface area (Å²) < 4.78 is 0.731. The van der Waals surface area contributed by atoms with Gasteiger partial charge in [-0.15, -0.1) is 0 Å². The molecular formula is C18H17BrN2O2. The first-order valence-corrected chi connectivity index (χ1v) is 8.22. The van der Waals surface area contributed by atoms with Gasteiger partial charge in [0, 0.05) is 10.2 Å². The van der Waals surface area contributed by atoms with Gasteiger partial charge in [0.2, 0.25) is 5.91 Å². The zero-order valence-corrected chi connectivity index (χ0v) is 14.6. The molecule has 1 atom stereocenters. The Balaban J connectivity index is 1.89. The standard InChI is InChI=1S/C18H17BrN2O2/c1-11-6-5-7-12(2)17(11)20-14-10-16(22)21(18(14)23)15-9-4-3-8-13(15)19/h3-9,14,20H,10H2,1-2H3/t14-/m0/s1. The number of imide groups is 1. The summed E-state index contributed by atoms with van der Waals surface area (Å²) in [6, 6.07) is 12.7. The van der Waals surface area contributed by atoms with Crippen LogP contribution in [0.25, 0.3) is 0 Å². The molecule has 0 spiro atoms. The Kier molecular flexibility index (Phi) is 4.22. The number of nitrogens with one attached hydrogen (secondary N) is 1. The summed E-state index contributed by atoms with van der Waals surface area (Å²) in [5, 5.41) is 3.25. The molecular weight excluding hydrogens is 356 g/mol. The molecule has 1 aliphatic rings. The van der Waals surface area contributed by atoms with Crippen molar-refractivity contribution in [2.24, 2.45) is 0 Å². The minimum Gasteiger partial charge on any atom is -0.373 e. The highest BCUT2D eigenvalue weighted by molar-refractivity contribution is 9.10. The van der Waals surface area contributed by atoms with Crippen molar-refractivity contribution in [2.45, 2.75) is 26.3 Å². The van der Waals surface area contributed by atoms with Crippen molar-refractivity contribution in [2.75, 3.05) is 10.2 Å². The van der Waals surface area contributed by atoms with Crippen LogP contribution in [0.1, 0.15) is 17.5 Å². The van der Waals surface area contributed by atoms with Crippen molar-refractivity contribution < 1.29 is 9.59 Å². The molecule has 0 radical (unpaired) electrons. The second-order valence-corrected chi connectivity index (χ2v) is 6.54. The van der Waals surface area contributed by atoms with E-state index in [1.807, 2.05) is 50.2 Å². The van der Waals surface area contributed by atoms with Gasteiger partial charge in [0.15, 0.2) is 0 Å². The maximum Gasteiger partial charge on any atom is 0.256 e. The first-order valence-electron chi connectivity index (χ1n) is 7.43. The van der Waals surface area contributed by atoms with E-state index in [0.717, 1.165) is 21.3 Å². The number of halogens is 1. The molecule has 3 rings (SSSR count). The fourth-order valence-corrected chi connectivity index (χ4v) is 3.31. The second kappa shape index (κ2) is 6.16. The number of anilines is 2. The fourth-order valence-electron chi connectivity index (χ4n) is 2.85. The predicted molar refractivity (Wildman–Crippen MR) is 94.6 cm³/mol. The Bertz CT molecular complexity index is 768. The van der Waals surface area contributed by atoms with E-state index in [1.54, 1.807) is 6.07 Å². The van der Waals surface area contributed by atoms with Crippen LogP contribution in [-0.4, -0.2) is 17.9 Å². The van der Waals surface area contributed by atoms with Crippen LogP contribution >= 0.6 is 15.9 Å². The van der Waals surface area contributed by atoms with E-state index in [0.29, 0.717) is 5.69 Å². The number of nitrogens with zero attached hydrogens (tertiary/aromatic N) is 1. The third-order valence-electron chi connectivity index (χ3n) is 4.04. The van der Waals surface area contributed by atoms with Crippen molar-refractivity contribution in [1.82, 2.24) is 0 Å². The summed E-state index contributed by atoms with van der Waals surface area (Å²) in [6.07, 6.45) is 0.161. The van der Waals surface area contributed by atoms with Gasteiger partial charge >= 0.3 is 0 Å². The van der Waals surface area contributed by atoms with Crippen LogP contribution in [0.4, 0.5) is 11.4 Å². The van der Waals surface area contributed by atoms with E-state index < -0.39 is 6.04 Å². The van der Waals surface area contributed by atoms with Crippen LogP contribution in [0.5, 0.6) is 0 Å². The zero-order valence-electron chi connectivity index (χ0n) is 13.0. The first-order chi connectivity index (χ1) is 11.0. The molecule has 0 bridgehead atoms. The van der Waals surface area contributed by atoms with E-state index in [2.05, 4.69) is 21.2 Å². The van der Waals surface area contributed by atoms with Crippen LogP contribution in [-0.2, 0) is 9.59 Å². The summed E-state index contributed by atoms with van der Waals surface area (Å²) >= 11 is 3.40. The molecule has 0 unspecified atom stereocenters. The van der Waals surface area contributed by atoms with Gasteiger partial charge in [-0.25, -0.2) is 4.90 Å². The third kappa shape index (κ3) is 2.88. The van der Waals surface area contributed by atoms with Gasteiger partial charge in [0.05, 0.1) is 12.1 Å². The van der Waals surface area contributed by atoms with Gasteiger partial charge in [-0.3, -0.25) is 9.59 Å². The minimum absolute atomic E-state index is 0.161. The Hall–Kier alpha value is -2.14. The van der Waals surface area contributed by atoms with Crippen LogP contribution in [0.3, 0.4) is 0 Å². The van der Waals surface area contributed by atoms with E-state index >= 15 is 0 Å². The molecule has 2 aromatic carbocycles. The zero-order chi connectivity index (χ0) is 16.6. The number of para-hydroxylation sites is 2. The molecule has 4 nitrogen and oxygen atoms in total. The second-order valence-electron chi connectivity index (χ2n) is 5.69. The highest BCUT2D eigenvalue weighted by Crippen LogP contribution is 2.31. The van der Waals surface area contributed by atoms with Gasteiger partial charge in [-0.2, -0.15) is 0 Å². The van der Waals surface area contributed by atoms with Crippen molar-refractivity contribution in [3.63, 3.8) is 0 Å². The number of carbonyl (C=O) groups excluding carboxylic acids is 2. The highest BCUT2D eigenvalue weighted by Gasteiger charge is 2.40. The van der Waals surface area contributed by atoms with Crippen molar-refractivity contribution in [1.29, 1.82) is 0 Å². The maximum atomic E-state index is 12.7. The molecule has 1 fully saturated rings. The molecule has 0 aliphatic carbocycles. The minimum atomic E-state index is -0.533. The number of hydrogen-bond acceptors (Lipinski definition) is 3. The first kappa shape index (κ1) is 15.7. The van der Waals surface area contributed by atoms with Gasteiger partial charge in [0.25, 0.3) is 5.91 Å². The normalized spacial score (nSPS) is 17.7. The average Bonchev–Trinajstić information content (AvgIpc) is 2.78. The highest BCUT2D eigenvalue weighted by atomic mass is 79.9. The lowest BCUT2D eigenvalue weighted by Crippen LogP contribution is -2.35. The fraction of sp³-hybridized carbons (Fsp3) is 0.222. The van der Waals surface area contributed by atoms with Crippen LogP contribution in [0.2, 0.25) is 0 Å². The van der Waals surface area contributed by atoms with Gasteiger partial charge in [0.1, 0.15) is 6.04 Å². The van der Waals surface area contributed by atoms with Crippen molar-refractivity contribution in [3.8, 4) is 0 Å². The molecule has 118 valence electrons. The number of aryl methyl sites for hydroxylation is 2. The Morgan fingerprint density at radius 2 is 1.70 bits per heavy atom. The third-order valence-corrected chi connectivity index (χ3v) is 4.71. The monoisotopic (exact) mass is 372 g/mol. The number of benzene rings is 2. The van der Waals surface area contributed by atoms with Gasteiger partial charge < -0.3 is 5.32 Å². The average molecular weight is 373 g/mol.